The van der Waals surface area contributed by atoms with Gasteiger partial charge in [-0.3, -0.25) is 4.99 Å². The zero-order chi connectivity index (χ0) is 19.8. The number of benzene rings is 1. The molecule has 7 nitrogen and oxygen atoms in total. The van der Waals surface area contributed by atoms with E-state index in [1.807, 2.05) is 13.8 Å². The number of hydrogen-bond donors (Lipinski definition) is 2. The summed E-state index contributed by atoms with van der Waals surface area (Å²) in [6.07, 6.45) is 0. The van der Waals surface area contributed by atoms with Gasteiger partial charge in [-0.25, -0.2) is 4.98 Å². The Balaban J connectivity index is 1.95. The highest BCUT2D eigenvalue weighted by Gasteiger charge is 2.12. The largest absolute Gasteiger partial charge is 0.490 e. The van der Waals surface area contributed by atoms with E-state index in [4.69, 9.17) is 9.15 Å². The molecule has 0 spiro atoms. The van der Waals surface area contributed by atoms with E-state index >= 15 is 0 Å². The summed E-state index contributed by atoms with van der Waals surface area (Å²) in [6.45, 7) is 3.75. The number of ether oxygens (including phenoxy) is 2. The molecule has 0 saturated heterocycles. The number of aromatic nitrogens is 1. The van der Waals surface area contributed by atoms with Crippen LogP contribution in [0.3, 0.4) is 0 Å². The molecule has 0 aliphatic heterocycles. The number of guanidine groups is 1. The molecular weight excluding hydrogens is 358 g/mol. The van der Waals surface area contributed by atoms with Crippen molar-refractivity contribution in [3.63, 3.8) is 0 Å². The summed E-state index contributed by atoms with van der Waals surface area (Å²) in [5.74, 6) is 2.18. The molecule has 0 aliphatic rings. The van der Waals surface area contributed by atoms with E-state index in [1.165, 1.54) is 6.07 Å². The van der Waals surface area contributed by atoms with Gasteiger partial charge in [0.05, 0.1) is 18.8 Å². The Morgan fingerprint density at radius 2 is 1.96 bits per heavy atom. The minimum atomic E-state index is -2.90. The zero-order valence-electron chi connectivity index (χ0n) is 15.8. The third-order valence-electron chi connectivity index (χ3n) is 3.69. The highest BCUT2D eigenvalue weighted by atomic mass is 19.3. The minimum absolute atomic E-state index is 0.00717. The van der Waals surface area contributed by atoms with Gasteiger partial charge in [0.1, 0.15) is 5.76 Å². The number of alkyl halides is 2. The molecule has 2 aromatic rings. The van der Waals surface area contributed by atoms with E-state index in [0.717, 1.165) is 17.0 Å². The summed E-state index contributed by atoms with van der Waals surface area (Å²) in [5.41, 5.74) is 1.68. The molecule has 0 radical (unpaired) electrons. The average molecular weight is 382 g/mol. The Kier molecular flexibility index (Phi) is 7.39. The highest BCUT2D eigenvalue weighted by molar-refractivity contribution is 5.79. The standard InChI is InChI=1S/C18H24F2N4O3/c1-5-25-15-8-13(6-7-14(15)27-17(19)20)9-22-18(21-4)23-10-16-24-11(2)12(3)26-16/h6-8,17H,5,9-10H2,1-4H3,(H2,21,22,23). The normalized spacial score (nSPS) is 11.6. The lowest BCUT2D eigenvalue weighted by Crippen LogP contribution is -2.36. The number of aryl methyl sites for hydroxylation is 2. The summed E-state index contributed by atoms with van der Waals surface area (Å²) < 4.78 is 40.3. The summed E-state index contributed by atoms with van der Waals surface area (Å²) in [7, 11) is 1.65. The first kappa shape index (κ1) is 20.5. The van der Waals surface area contributed by atoms with Gasteiger partial charge in [0, 0.05) is 13.6 Å². The molecular formula is C18H24F2N4O3. The molecule has 0 aliphatic carbocycles. The zero-order valence-corrected chi connectivity index (χ0v) is 15.8. The van der Waals surface area contributed by atoms with Crippen LogP contribution >= 0.6 is 0 Å². The molecule has 2 N–H and O–H groups in total. The van der Waals surface area contributed by atoms with E-state index in [1.54, 1.807) is 26.1 Å². The average Bonchev–Trinajstić information content (AvgIpc) is 2.95. The molecule has 1 aromatic carbocycles. The Morgan fingerprint density at radius 1 is 1.22 bits per heavy atom. The lowest BCUT2D eigenvalue weighted by atomic mass is 10.2. The van der Waals surface area contributed by atoms with Crippen LogP contribution in [-0.2, 0) is 13.1 Å². The van der Waals surface area contributed by atoms with Crippen molar-refractivity contribution in [1.82, 2.24) is 15.6 Å². The molecule has 0 atom stereocenters. The van der Waals surface area contributed by atoms with E-state index in [-0.39, 0.29) is 11.5 Å². The number of hydrogen-bond acceptors (Lipinski definition) is 5. The van der Waals surface area contributed by atoms with Crippen molar-refractivity contribution in [2.75, 3.05) is 13.7 Å². The summed E-state index contributed by atoms with van der Waals surface area (Å²) in [4.78, 5) is 8.43. The SMILES string of the molecule is CCOc1cc(CNC(=NC)NCc2nc(C)c(C)o2)ccc1OC(F)F. The lowest BCUT2D eigenvalue weighted by Gasteiger charge is -2.14. The predicted octanol–water partition coefficient (Wildman–Crippen LogP) is 3.16. The fourth-order valence-electron chi connectivity index (χ4n) is 2.30. The Hall–Kier alpha value is -2.84. The van der Waals surface area contributed by atoms with Crippen molar-refractivity contribution < 1.29 is 22.7 Å². The van der Waals surface area contributed by atoms with Crippen LogP contribution in [0.15, 0.2) is 27.6 Å². The van der Waals surface area contributed by atoms with Gasteiger partial charge in [0.25, 0.3) is 0 Å². The fraction of sp³-hybridized carbons (Fsp3) is 0.444. The molecule has 0 bridgehead atoms. The van der Waals surface area contributed by atoms with Crippen molar-refractivity contribution in [1.29, 1.82) is 0 Å². The second-order valence-corrected chi connectivity index (χ2v) is 5.62. The first-order chi connectivity index (χ1) is 12.9. The number of nitrogens with one attached hydrogen (secondary N) is 2. The Morgan fingerprint density at radius 3 is 2.56 bits per heavy atom. The quantitative estimate of drug-likeness (QED) is 0.539. The highest BCUT2D eigenvalue weighted by Crippen LogP contribution is 2.29. The molecule has 1 heterocycles. The molecule has 0 amide bonds. The van der Waals surface area contributed by atoms with Crippen LogP contribution in [0, 0.1) is 13.8 Å². The van der Waals surface area contributed by atoms with Gasteiger partial charge in [0.15, 0.2) is 17.5 Å². The minimum Gasteiger partial charge on any atom is -0.490 e. The third-order valence-corrected chi connectivity index (χ3v) is 3.69. The Labute approximate surface area is 156 Å². The van der Waals surface area contributed by atoms with Gasteiger partial charge in [0.2, 0.25) is 5.89 Å². The maximum absolute atomic E-state index is 12.5. The van der Waals surface area contributed by atoms with Crippen molar-refractivity contribution in [2.24, 2.45) is 4.99 Å². The summed E-state index contributed by atoms with van der Waals surface area (Å²) >= 11 is 0. The predicted molar refractivity (Wildman–Crippen MR) is 97.3 cm³/mol. The Bertz CT molecular complexity index is 758. The van der Waals surface area contributed by atoms with Crippen LogP contribution < -0.4 is 20.1 Å². The van der Waals surface area contributed by atoms with E-state index in [9.17, 15) is 8.78 Å². The van der Waals surface area contributed by atoms with Gasteiger partial charge >= 0.3 is 6.61 Å². The maximum Gasteiger partial charge on any atom is 0.387 e. The van der Waals surface area contributed by atoms with Crippen molar-refractivity contribution >= 4 is 5.96 Å². The number of rotatable bonds is 8. The van der Waals surface area contributed by atoms with E-state index < -0.39 is 6.61 Å². The second kappa shape index (κ2) is 9.75. The summed E-state index contributed by atoms with van der Waals surface area (Å²) in [6, 6.07) is 4.80. The number of nitrogens with zero attached hydrogens (tertiary/aromatic N) is 2. The van der Waals surface area contributed by atoms with Gasteiger partial charge < -0.3 is 24.5 Å². The fourth-order valence-corrected chi connectivity index (χ4v) is 2.30. The van der Waals surface area contributed by atoms with E-state index in [2.05, 4.69) is 25.3 Å². The first-order valence-corrected chi connectivity index (χ1v) is 8.50. The number of aliphatic imine (C=N–C) groups is 1. The molecule has 0 fully saturated rings. The molecule has 148 valence electrons. The third kappa shape index (κ3) is 6.12. The van der Waals surface area contributed by atoms with E-state index in [0.29, 0.717) is 31.5 Å². The van der Waals surface area contributed by atoms with Gasteiger partial charge in [-0.05, 0) is 38.5 Å². The first-order valence-electron chi connectivity index (χ1n) is 8.50. The molecule has 1 aromatic heterocycles. The maximum atomic E-state index is 12.5. The molecule has 9 heteroatoms. The topological polar surface area (TPSA) is 80.9 Å². The summed E-state index contributed by atoms with van der Waals surface area (Å²) in [5, 5.41) is 6.23. The molecule has 0 saturated carbocycles. The van der Waals surface area contributed by atoms with Gasteiger partial charge in [-0.15, -0.1) is 0 Å². The van der Waals surface area contributed by atoms with Gasteiger partial charge in [-0.1, -0.05) is 6.07 Å². The molecule has 2 rings (SSSR count). The number of halogens is 2. The van der Waals surface area contributed by atoms with Crippen LogP contribution in [0.1, 0.15) is 29.8 Å². The van der Waals surface area contributed by atoms with Crippen molar-refractivity contribution in [2.45, 2.75) is 40.5 Å². The van der Waals surface area contributed by atoms with Gasteiger partial charge in [-0.2, -0.15) is 8.78 Å². The van der Waals surface area contributed by atoms with Crippen LogP contribution in [-0.4, -0.2) is 31.2 Å². The smallest absolute Gasteiger partial charge is 0.387 e. The second-order valence-electron chi connectivity index (χ2n) is 5.62. The van der Waals surface area contributed by atoms with Crippen LogP contribution in [0.5, 0.6) is 11.5 Å². The monoisotopic (exact) mass is 382 g/mol. The van der Waals surface area contributed by atoms with Crippen LogP contribution in [0.4, 0.5) is 8.78 Å². The van der Waals surface area contributed by atoms with Crippen LogP contribution in [0.2, 0.25) is 0 Å². The molecule has 27 heavy (non-hydrogen) atoms. The van der Waals surface area contributed by atoms with Crippen molar-refractivity contribution in [3.05, 3.63) is 41.1 Å². The van der Waals surface area contributed by atoms with Crippen LogP contribution in [0.25, 0.3) is 0 Å². The van der Waals surface area contributed by atoms with Crippen molar-refractivity contribution in [3.8, 4) is 11.5 Å². The lowest BCUT2D eigenvalue weighted by molar-refractivity contribution is -0.0514. The molecule has 0 unspecified atom stereocenters. The number of oxazole rings is 1.